The highest BCUT2D eigenvalue weighted by atomic mass is 16.2. The zero-order chi connectivity index (χ0) is 12.5. The summed E-state index contributed by atoms with van der Waals surface area (Å²) in [6.07, 6.45) is 1.91. The first-order valence-electron chi connectivity index (χ1n) is 6.14. The lowest BCUT2D eigenvalue weighted by Gasteiger charge is -2.28. The molecule has 0 bridgehead atoms. The van der Waals surface area contributed by atoms with E-state index in [0.29, 0.717) is 6.54 Å². The molecule has 1 aliphatic carbocycles. The van der Waals surface area contributed by atoms with E-state index < -0.39 is 0 Å². The highest BCUT2D eigenvalue weighted by Crippen LogP contribution is 2.49. The van der Waals surface area contributed by atoms with E-state index in [1.54, 1.807) is 4.90 Å². The molecule has 1 fully saturated rings. The van der Waals surface area contributed by atoms with E-state index >= 15 is 0 Å². The number of hydrogen-bond donors (Lipinski definition) is 1. The molecule has 1 unspecified atom stereocenters. The summed E-state index contributed by atoms with van der Waals surface area (Å²) in [5, 5.41) is 0. The lowest BCUT2D eigenvalue weighted by Crippen LogP contribution is -2.44. The zero-order valence-corrected chi connectivity index (χ0v) is 10.5. The first kappa shape index (κ1) is 12.1. The van der Waals surface area contributed by atoms with Crippen LogP contribution in [0.2, 0.25) is 0 Å². The minimum Gasteiger partial charge on any atom is -0.341 e. The maximum Gasteiger partial charge on any atom is 0.233 e. The van der Waals surface area contributed by atoms with Crippen molar-refractivity contribution in [3.05, 3.63) is 35.9 Å². The maximum absolute atomic E-state index is 12.5. The minimum atomic E-state index is -0.264. The first-order valence-corrected chi connectivity index (χ1v) is 6.14. The highest BCUT2D eigenvalue weighted by molar-refractivity contribution is 5.91. The van der Waals surface area contributed by atoms with Crippen molar-refractivity contribution < 1.29 is 4.79 Å². The molecule has 0 radical (unpaired) electrons. The van der Waals surface area contributed by atoms with Crippen molar-refractivity contribution in [3.63, 3.8) is 0 Å². The van der Waals surface area contributed by atoms with Crippen molar-refractivity contribution in [2.45, 2.75) is 31.2 Å². The van der Waals surface area contributed by atoms with Crippen molar-refractivity contribution in [2.24, 2.45) is 5.73 Å². The van der Waals surface area contributed by atoms with Gasteiger partial charge in [-0.05, 0) is 25.3 Å². The van der Waals surface area contributed by atoms with Gasteiger partial charge in [-0.1, -0.05) is 30.3 Å². The summed E-state index contributed by atoms with van der Waals surface area (Å²) in [5.74, 6) is 0.210. The number of carbonyl (C=O) groups is 1. The van der Waals surface area contributed by atoms with Gasteiger partial charge in [-0.15, -0.1) is 0 Å². The second-order valence-electron chi connectivity index (χ2n) is 4.95. The van der Waals surface area contributed by atoms with E-state index in [2.05, 4.69) is 0 Å². The molecule has 0 aliphatic heterocycles. The SMILES string of the molecule is CC(CN)N(C)C(=O)C1(c2ccccc2)CC1. The minimum absolute atomic E-state index is 0.101. The predicted molar refractivity (Wildman–Crippen MR) is 68.6 cm³/mol. The fourth-order valence-corrected chi connectivity index (χ4v) is 2.20. The maximum atomic E-state index is 12.5. The van der Waals surface area contributed by atoms with Crippen molar-refractivity contribution in [1.29, 1.82) is 0 Å². The Kier molecular flexibility index (Phi) is 3.20. The molecule has 1 amide bonds. The molecule has 0 spiro atoms. The fourth-order valence-electron chi connectivity index (χ4n) is 2.20. The van der Waals surface area contributed by atoms with Gasteiger partial charge in [0, 0.05) is 19.6 Å². The Labute approximate surface area is 103 Å². The standard InChI is InChI=1S/C14H20N2O/c1-11(10-15)16(2)13(17)14(8-9-14)12-6-4-3-5-7-12/h3-7,11H,8-10,15H2,1-2H3. The summed E-state index contributed by atoms with van der Waals surface area (Å²) in [4.78, 5) is 14.3. The van der Waals surface area contributed by atoms with Crippen LogP contribution in [0.15, 0.2) is 30.3 Å². The van der Waals surface area contributed by atoms with Crippen LogP contribution < -0.4 is 5.73 Å². The molecule has 1 aliphatic rings. The quantitative estimate of drug-likeness (QED) is 0.855. The third kappa shape index (κ3) is 2.07. The van der Waals surface area contributed by atoms with Gasteiger partial charge in [0.2, 0.25) is 5.91 Å². The van der Waals surface area contributed by atoms with Crippen LogP contribution in [0, 0.1) is 0 Å². The molecule has 0 aromatic heterocycles. The summed E-state index contributed by atoms with van der Waals surface area (Å²) < 4.78 is 0. The number of hydrogen-bond acceptors (Lipinski definition) is 2. The lowest BCUT2D eigenvalue weighted by atomic mass is 9.94. The van der Waals surface area contributed by atoms with Crippen molar-refractivity contribution >= 4 is 5.91 Å². The first-order chi connectivity index (χ1) is 8.12. The second kappa shape index (κ2) is 4.49. The van der Waals surface area contributed by atoms with Crippen LogP contribution in [-0.2, 0) is 10.2 Å². The van der Waals surface area contributed by atoms with Crippen molar-refractivity contribution in [3.8, 4) is 0 Å². The Morgan fingerprint density at radius 2 is 2.00 bits per heavy atom. The molecular formula is C14H20N2O. The highest BCUT2D eigenvalue weighted by Gasteiger charge is 2.52. The summed E-state index contributed by atoms with van der Waals surface area (Å²) in [7, 11) is 1.85. The number of nitrogens with zero attached hydrogens (tertiary/aromatic N) is 1. The van der Waals surface area contributed by atoms with E-state index in [4.69, 9.17) is 5.73 Å². The summed E-state index contributed by atoms with van der Waals surface area (Å²) in [5.41, 5.74) is 6.49. The van der Waals surface area contributed by atoms with Crippen LogP contribution in [-0.4, -0.2) is 30.4 Å². The third-order valence-electron chi connectivity index (χ3n) is 3.81. The van der Waals surface area contributed by atoms with Gasteiger partial charge in [-0.2, -0.15) is 0 Å². The van der Waals surface area contributed by atoms with E-state index in [0.717, 1.165) is 18.4 Å². The molecule has 1 aromatic rings. The van der Waals surface area contributed by atoms with Crippen LogP contribution in [0.3, 0.4) is 0 Å². The third-order valence-corrected chi connectivity index (χ3v) is 3.81. The molecule has 1 aromatic carbocycles. The molecule has 3 heteroatoms. The number of likely N-dealkylation sites (N-methyl/N-ethyl adjacent to an activating group) is 1. The number of amides is 1. The normalized spacial score (nSPS) is 18.5. The predicted octanol–water partition coefficient (Wildman–Crippen LogP) is 1.52. The molecule has 1 atom stereocenters. The molecule has 2 rings (SSSR count). The average Bonchev–Trinajstić information content (AvgIpc) is 3.18. The topological polar surface area (TPSA) is 46.3 Å². The van der Waals surface area contributed by atoms with Gasteiger partial charge in [0.05, 0.1) is 5.41 Å². The van der Waals surface area contributed by atoms with E-state index in [-0.39, 0.29) is 17.4 Å². The van der Waals surface area contributed by atoms with E-state index in [9.17, 15) is 4.79 Å². The molecule has 0 heterocycles. The molecule has 1 saturated carbocycles. The second-order valence-corrected chi connectivity index (χ2v) is 4.95. The van der Waals surface area contributed by atoms with Crippen LogP contribution in [0.25, 0.3) is 0 Å². The van der Waals surface area contributed by atoms with E-state index in [1.165, 1.54) is 0 Å². The Bertz CT molecular complexity index is 398. The van der Waals surface area contributed by atoms with E-state index in [1.807, 2.05) is 44.3 Å². The number of nitrogens with two attached hydrogens (primary N) is 1. The van der Waals surface area contributed by atoms with Gasteiger partial charge >= 0.3 is 0 Å². The fraction of sp³-hybridized carbons (Fsp3) is 0.500. The van der Waals surface area contributed by atoms with Gasteiger partial charge in [-0.3, -0.25) is 4.79 Å². The Morgan fingerprint density at radius 1 is 1.41 bits per heavy atom. The van der Waals surface area contributed by atoms with Gasteiger partial charge in [0.1, 0.15) is 0 Å². The van der Waals surface area contributed by atoms with Crippen LogP contribution >= 0.6 is 0 Å². The number of benzene rings is 1. The monoisotopic (exact) mass is 232 g/mol. The average molecular weight is 232 g/mol. The molecular weight excluding hydrogens is 212 g/mol. The molecule has 3 nitrogen and oxygen atoms in total. The Hall–Kier alpha value is -1.35. The number of carbonyl (C=O) groups excluding carboxylic acids is 1. The molecule has 17 heavy (non-hydrogen) atoms. The zero-order valence-electron chi connectivity index (χ0n) is 10.5. The number of rotatable bonds is 4. The van der Waals surface area contributed by atoms with Crippen LogP contribution in [0.4, 0.5) is 0 Å². The van der Waals surface area contributed by atoms with Crippen molar-refractivity contribution in [2.75, 3.05) is 13.6 Å². The van der Waals surface area contributed by atoms with Gasteiger partial charge in [0.15, 0.2) is 0 Å². The Morgan fingerprint density at radius 3 is 2.47 bits per heavy atom. The summed E-state index contributed by atoms with van der Waals surface area (Å²) >= 11 is 0. The largest absolute Gasteiger partial charge is 0.341 e. The molecule has 2 N–H and O–H groups in total. The molecule has 92 valence electrons. The smallest absolute Gasteiger partial charge is 0.233 e. The van der Waals surface area contributed by atoms with Crippen molar-refractivity contribution in [1.82, 2.24) is 4.90 Å². The van der Waals surface area contributed by atoms with Gasteiger partial charge in [0.25, 0.3) is 0 Å². The van der Waals surface area contributed by atoms with Gasteiger partial charge < -0.3 is 10.6 Å². The van der Waals surface area contributed by atoms with Gasteiger partial charge in [-0.25, -0.2) is 0 Å². The lowest BCUT2D eigenvalue weighted by molar-refractivity contribution is -0.134. The Balaban J connectivity index is 2.20. The van der Waals surface area contributed by atoms with Crippen LogP contribution in [0.5, 0.6) is 0 Å². The summed E-state index contributed by atoms with van der Waals surface area (Å²) in [6.45, 7) is 2.49. The molecule has 0 saturated heterocycles. The summed E-state index contributed by atoms with van der Waals surface area (Å²) in [6, 6.07) is 10.2. The van der Waals surface area contributed by atoms with Crippen LogP contribution in [0.1, 0.15) is 25.3 Å².